The Morgan fingerprint density at radius 3 is 3.00 bits per heavy atom. The van der Waals surface area contributed by atoms with Crippen LogP contribution in [0.4, 0.5) is 0 Å². The zero-order valence-corrected chi connectivity index (χ0v) is 8.75. The molecule has 0 aromatic heterocycles. The molecule has 1 heterocycles. The highest BCUT2D eigenvalue weighted by molar-refractivity contribution is 7.99. The lowest BCUT2D eigenvalue weighted by atomic mass is 10.1. The Morgan fingerprint density at radius 2 is 2.46 bits per heavy atom. The molecule has 1 amide bonds. The van der Waals surface area contributed by atoms with E-state index in [2.05, 4.69) is 17.6 Å². The van der Waals surface area contributed by atoms with Crippen LogP contribution in [0.15, 0.2) is 0 Å². The average molecular weight is 200 g/mol. The van der Waals surface area contributed by atoms with Gasteiger partial charge in [0.25, 0.3) is 0 Å². The van der Waals surface area contributed by atoms with Crippen molar-refractivity contribution in [3.63, 3.8) is 0 Å². The molecule has 0 unspecified atom stereocenters. The van der Waals surface area contributed by atoms with Gasteiger partial charge in [0.1, 0.15) is 0 Å². The minimum atomic E-state index is 0.0485. The van der Waals surface area contributed by atoms with E-state index in [1.54, 1.807) is 11.8 Å². The Bertz CT molecular complexity index is 210. The van der Waals surface area contributed by atoms with E-state index in [9.17, 15) is 4.79 Å². The summed E-state index contributed by atoms with van der Waals surface area (Å²) in [6, 6.07) is 0.0485. The van der Waals surface area contributed by atoms with Gasteiger partial charge in [-0.15, -0.1) is 11.8 Å². The predicted octanol–water partition coefficient (Wildman–Crippen LogP) is 0.565. The summed E-state index contributed by atoms with van der Waals surface area (Å²) in [6.07, 6.45) is 2.53. The maximum Gasteiger partial charge on any atom is 0.238 e. The van der Waals surface area contributed by atoms with Gasteiger partial charge in [0.15, 0.2) is 0 Å². The number of rotatable bonds is 3. The van der Waals surface area contributed by atoms with Gasteiger partial charge in [0.05, 0.1) is 6.04 Å². The molecule has 1 aliphatic heterocycles. The van der Waals surface area contributed by atoms with Gasteiger partial charge >= 0.3 is 0 Å². The molecule has 1 atom stereocenters. The molecule has 3 nitrogen and oxygen atoms in total. The van der Waals surface area contributed by atoms with Crippen LogP contribution < -0.4 is 10.6 Å². The highest BCUT2D eigenvalue weighted by atomic mass is 32.2. The van der Waals surface area contributed by atoms with E-state index < -0.39 is 0 Å². The van der Waals surface area contributed by atoms with Crippen LogP contribution in [0.3, 0.4) is 0 Å². The van der Waals surface area contributed by atoms with E-state index in [1.807, 2.05) is 0 Å². The number of carbonyl (C=O) groups excluding carboxylic acids is 1. The van der Waals surface area contributed by atoms with Crippen molar-refractivity contribution in [3.05, 3.63) is 0 Å². The molecule has 0 aromatic rings. The van der Waals surface area contributed by atoms with Gasteiger partial charge in [0, 0.05) is 18.2 Å². The van der Waals surface area contributed by atoms with Crippen molar-refractivity contribution in [1.82, 2.24) is 10.6 Å². The summed E-state index contributed by atoms with van der Waals surface area (Å²) >= 11 is 1.79. The maximum atomic E-state index is 11.5. The highest BCUT2D eigenvalue weighted by Gasteiger charge is 2.37. The second kappa shape index (κ2) is 3.50. The molecule has 1 saturated carbocycles. The first kappa shape index (κ1) is 9.34. The molecule has 74 valence electrons. The summed E-state index contributed by atoms with van der Waals surface area (Å²) < 4.78 is 0. The normalized spacial score (nSPS) is 30.1. The van der Waals surface area contributed by atoms with Crippen LogP contribution in [0.5, 0.6) is 0 Å². The van der Waals surface area contributed by atoms with E-state index in [0.717, 1.165) is 18.2 Å². The third-order valence-electron chi connectivity index (χ3n) is 2.83. The molecule has 4 heteroatoms. The summed E-state index contributed by atoms with van der Waals surface area (Å²) in [5.74, 6) is 2.01. The fourth-order valence-electron chi connectivity index (χ4n) is 1.38. The van der Waals surface area contributed by atoms with Gasteiger partial charge < -0.3 is 5.32 Å². The Hall–Kier alpha value is -0.220. The Balaban J connectivity index is 1.71. The van der Waals surface area contributed by atoms with Crippen molar-refractivity contribution in [2.75, 3.05) is 18.2 Å². The molecule has 1 saturated heterocycles. The molecule has 2 N–H and O–H groups in total. The third kappa shape index (κ3) is 2.38. The van der Waals surface area contributed by atoms with Crippen molar-refractivity contribution < 1.29 is 4.79 Å². The first-order valence-corrected chi connectivity index (χ1v) is 5.94. The summed E-state index contributed by atoms with van der Waals surface area (Å²) in [5.41, 5.74) is 0.418. The lowest BCUT2D eigenvalue weighted by Crippen LogP contribution is -2.43. The number of hydrogen-bond acceptors (Lipinski definition) is 3. The van der Waals surface area contributed by atoms with Gasteiger partial charge in [-0.25, -0.2) is 0 Å². The molecular formula is C9H16N2OS. The first-order valence-electron chi connectivity index (χ1n) is 4.78. The van der Waals surface area contributed by atoms with Crippen LogP contribution in [0.1, 0.15) is 19.8 Å². The number of nitrogens with one attached hydrogen (secondary N) is 2. The van der Waals surface area contributed by atoms with Gasteiger partial charge in [-0.1, -0.05) is 6.92 Å². The van der Waals surface area contributed by atoms with Crippen LogP contribution in [0.2, 0.25) is 0 Å². The highest BCUT2D eigenvalue weighted by Crippen LogP contribution is 2.44. The summed E-state index contributed by atoms with van der Waals surface area (Å²) in [5, 5.41) is 6.18. The van der Waals surface area contributed by atoms with Gasteiger partial charge in [-0.2, -0.15) is 0 Å². The van der Waals surface area contributed by atoms with E-state index in [1.165, 1.54) is 12.8 Å². The molecule has 0 aromatic carbocycles. The molecule has 0 bridgehead atoms. The van der Waals surface area contributed by atoms with Crippen LogP contribution in [0.25, 0.3) is 0 Å². The Kier molecular flexibility index (Phi) is 2.51. The van der Waals surface area contributed by atoms with Crippen LogP contribution in [0, 0.1) is 5.41 Å². The lowest BCUT2D eigenvalue weighted by Gasteiger charge is -2.13. The minimum Gasteiger partial charge on any atom is -0.354 e. The van der Waals surface area contributed by atoms with Crippen molar-refractivity contribution in [3.8, 4) is 0 Å². The van der Waals surface area contributed by atoms with E-state index in [-0.39, 0.29) is 11.9 Å². The van der Waals surface area contributed by atoms with Crippen molar-refractivity contribution in [1.29, 1.82) is 0 Å². The number of carbonyl (C=O) groups is 1. The second-order valence-corrected chi connectivity index (χ2v) is 5.33. The van der Waals surface area contributed by atoms with Gasteiger partial charge in [0.2, 0.25) is 5.91 Å². The van der Waals surface area contributed by atoms with Gasteiger partial charge in [-0.3, -0.25) is 10.1 Å². The minimum absolute atomic E-state index is 0.0485. The predicted molar refractivity (Wildman–Crippen MR) is 54.6 cm³/mol. The standard InChI is InChI=1S/C9H16N2OS/c1-9(2-3-9)5-10-8(12)7-4-13-6-11-7/h7,11H,2-6H2,1H3,(H,10,12)/t7-/m1/s1. The maximum absolute atomic E-state index is 11.5. The SMILES string of the molecule is CC1(CNC(=O)[C@H]2CSCN2)CC1. The summed E-state index contributed by atoms with van der Waals surface area (Å²) in [6.45, 7) is 3.08. The molecule has 0 spiro atoms. The zero-order valence-electron chi connectivity index (χ0n) is 7.93. The van der Waals surface area contributed by atoms with Crippen molar-refractivity contribution >= 4 is 17.7 Å². The van der Waals surface area contributed by atoms with Crippen LogP contribution in [-0.2, 0) is 4.79 Å². The molecule has 1 aliphatic carbocycles. The molecule has 2 rings (SSSR count). The van der Waals surface area contributed by atoms with Crippen LogP contribution in [-0.4, -0.2) is 30.1 Å². The summed E-state index contributed by atoms with van der Waals surface area (Å²) in [7, 11) is 0. The number of amides is 1. The van der Waals surface area contributed by atoms with Crippen LogP contribution >= 0.6 is 11.8 Å². The number of hydrogen-bond donors (Lipinski definition) is 2. The Labute approximate surface area is 83.0 Å². The van der Waals surface area contributed by atoms with Crippen molar-refractivity contribution in [2.45, 2.75) is 25.8 Å². The van der Waals surface area contributed by atoms with E-state index in [0.29, 0.717) is 5.41 Å². The van der Waals surface area contributed by atoms with Gasteiger partial charge in [-0.05, 0) is 18.3 Å². The zero-order chi connectivity index (χ0) is 9.31. The lowest BCUT2D eigenvalue weighted by molar-refractivity contribution is -0.122. The van der Waals surface area contributed by atoms with E-state index in [4.69, 9.17) is 0 Å². The molecule has 2 aliphatic rings. The quantitative estimate of drug-likeness (QED) is 0.699. The molecule has 13 heavy (non-hydrogen) atoms. The first-order chi connectivity index (χ1) is 6.20. The van der Waals surface area contributed by atoms with E-state index >= 15 is 0 Å². The fraction of sp³-hybridized carbons (Fsp3) is 0.889. The largest absolute Gasteiger partial charge is 0.354 e. The van der Waals surface area contributed by atoms with Crippen molar-refractivity contribution in [2.24, 2.45) is 5.41 Å². The third-order valence-corrected chi connectivity index (χ3v) is 3.77. The topological polar surface area (TPSA) is 41.1 Å². The number of thioether (sulfide) groups is 1. The monoisotopic (exact) mass is 200 g/mol. The fourth-order valence-corrected chi connectivity index (χ4v) is 2.32. The molecule has 2 fully saturated rings. The second-order valence-electron chi connectivity index (χ2n) is 4.30. The smallest absolute Gasteiger partial charge is 0.238 e. The average Bonchev–Trinajstić information content (AvgIpc) is 2.69. The molecule has 0 radical (unpaired) electrons. The summed E-state index contributed by atoms with van der Waals surface area (Å²) in [4.78, 5) is 11.5. The molecular weight excluding hydrogens is 184 g/mol. The Morgan fingerprint density at radius 1 is 1.69 bits per heavy atom.